The van der Waals surface area contributed by atoms with Crippen molar-refractivity contribution < 1.29 is 18.3 Å². The molecule has 170 valence electrons. The van der Waals surface area contributed by atoms with Crippen LogP contribution in [0, 0.1) is 0 Å². The molecule has 1 atom stereocenters. The van der Waals surface area contributed by atoms with Crippen LogP contribution in [0.25, 0.3) is 11.2 Å². The lowest BCUT2D eigenvalue weighted by atomic mass is 10.2. The molecule has 1 N–H and O–H groups in total. The van der Waals surface area contributed by atoms with Crippen molar-refractivity contribution in [3.05, 3.63) is 52.9 Å². The Kier molecular flexibility index (Phi) is 6.50. The van der Waals surface area contributed by atoms with Gasteiger partial charge in [0.05, 0.1) is 11.4 Å². The zero-order valence-corrected chi connectivity index (χ0v) is 19.3. The molecule has 1 unspecified atom stereocenters. The maximum atomic E-state index is 13.1. The van der Waals surface area contributed by atoms with Crippen LogP contribution in [0.15, 0.2) is 41.4 Å². The SMILES string of the molecule is CCCCc1nc2cccnc2n1Cc1ccc(S(=O)(=O)N2CCCC2C(=O)O)cc1Cl. The van der Waals surface area contributed by atoms with Crippen molar-refractivity contribution in [3.63, 3.8) is 0 Å². The molecule has 3 aromatic rings. The first-order valence-corrected chi connectivity index (χ1v) is 12.5. The largest absolute Gasteiger partial charge is 0.480 e. The van der Waals surface area contributed by atoms with Crippen LogP contribution in [0.5, 0.6) is 0 Å². The number of halogens is 1. The maximum Gasteiger partial charge on any atom is 0.322 e. The Labute approximate surface area is 191 Å². The molecule has 2 aromatic heterocycles. The molecule has 10 heteroatoms. The van der Waals surface area contributed by atoms with Gasteiger partial charge in [-0.1, -0.05) is 31.0 Å². The van der Waals surface area contributed by atoms with E-state index < -0.39 is 22.0 Å². The van der Waals surface area contributed by atoms with Crippen LogP contribution in [0.1, 0.15) is 44.0 Å². The van der Waals surface area contributed by atoms with Crippen LogP contribution in [-0.2, 0) is 27.8 Å². The molecule has 1 aliphatic heterocycles. The quantitative estimate of drug-likeness (QED) is 0.531. The average molecular weight is 477 g/mol. The van der Waals surface area contributed by atoms with Gasteiger partial charge in [-0.05, 0) is 49.1 Å². The lowest BCUT2D eigenvalue weighted by Crippen LogP contribution is -2.40. The number of hydrogen-bond donors (Lipinski definition) is 1. The van der Waals surface area contributed by atoms with Gasteiger partial charge in [-0.25, -0.2) is 18.4 Å². The number of unbranched alkanes of at least 4 members (excludes halogenated alkanes) is 1. The van der Waals surface area contributed by atoms with E-state index in [0.29, 0.717) is 24.4 Å². The predicted octanol–water partition coefficient (Wildman–Crippen LogP) is 3.71. The van der Waals surface area contributed by atoms with Crippen molar-refractivity contribution in [1.82, 2.24) is 18.8 Å². The molecule has 0 aliphatic carbocycles. The molecule has 1 saturated heterocycles. The minimum absolute atomic E-state index is 0.000722. The summed E-state index contributed by atoms with van der Waals surface area (Å²) in [5.74, 6) is -0.220. The third-order valence-corrected chi connectivity index (χ3v) is 8.04. The Morgan fingerprint density at radius 1 is 1.31 bits per heavy atom. The van der Waals surface area contributed by atoms with E-state index in [1.54, 1.807) is 12.3 Å². The summed E-state index contributed by atoms with van der Waals surface area (Å²) in [7, 11) is -3.95. The molecule has 0 saturated carbocycles. The van der Waals surface area contributed by atoms with Gasteiger partial charge in [-0.2, -0.15) is 4.31 Å². The van der Waals surface area contributed by atoms with Gasteiger partial charge in [-0.15, -0.1) is 0 Å². The number of aromatic nitrogens is 3. The van der Waals surface area contributed by atoms with Gasteiger partial charge < -0.3 is 9.67 Å². The molecule has 0 radical (unpaired) electrons. The van der Waals surface area contributed by atoms with Crippen LogP contribution < -0.4 is 0 Å². The van der Waals surface area contributed by atoms with E-state index in [4.69, 9.17) is 16.6 Å². The first-order chi connectivity index (χ1) is 15.3. The Morgan fingerprint density at radius 3 is 2.84 bits per heavy atom. The number of rotatable bonds is 8. The molecule has 1 aromatic carbocycles. The van der Waals surface area contributed by atoms with E-state index in [0.717, 1.165) is 46.1 Å². The van der Waals surface area contributed by atoms with E-state index in [-0.39, 0.29) is 11.4 Å². The number of pyridine rings is 1. The van der Waals surface area contributed by atoms with Crippen LogP contribution >= 0.6 is 11.6 Å². The van der Waals surface area contributed by atoms with Crippen molar-refractivity contribution in [2.75, 3.05) is 6.54 Å². The molecule has 0 amide bonds. The Bertz CT molecular complexity index is 1260. The number of nitrogens with zero attached hydrogens (tertiary/aromatic N) is 4. The third kappa shape index (κ3) is 4.24. The van der Waals surface area contributed by atoms with Crippen molar-refractivity contribution in [2.45, 2.75) is 56.5 Å². The van der Waals surface area contributed by atoms with E-state index in [1.807, 2.05) is 16.7 Å². The Morgan fingerprint density at radius 2 is 2.12 bits per heavy atom. The number of aryl methyl sites for hydroxylation is 1. The summed E-state index contributed by atoms with van der Waals surface area (Å²) < 4.78 is 29.2. The highest BCUT2D eigenvalue weighted by atomic mass is 35.5. The van der Waals surface area contributed by atoms with E-state index in [9.17, 15) is 18.3 Å². The van der Waals surface area contributed by atoms with Crippen LogP contribution in [0.4, 0.5) is 0 Å². The predicted molar refractivity (Wildman–Crippen MR) is 121 cm³/mol. The summed E-state index contributed by atoms with van der Waals surface area (Å²) in [6.45, 7) is 2.72. The van der Waals surface area contributed by atoms with Gasteiger partial charge in [0.1, 0.15) is 17.4 Å². The van der Waals surface area contributed by atoms with Gasteiger partial charge in [0.2, 0.25) is 10.0 Å². The molecule has 3 heterocycles. The monoisotopic (exact) mass is 476 g/mol. The van der Waals surface area contributed by atoms with Crippen LogP contribution in [0.2, 0.25) is 5.02 Å². The van der Waals surface area contributed by atoms with E-state index in [2.05, 4.69) is 11.9 Å². The molecule has 32 heavy (non-hydrogen) atoms. The smallest absolute Gasteiger partial charge is 0.322 e. The fourth-order valence-electron chi connectivity index (χ4n) is 4.09. The fourth-order valence-corrected chi connectivity index (χ4v) is 6.08. The number of aliphatic carboxylic acids is 1. The number of benzene rings is 1. The van der Waals surface area contributed by atoms with Crippen molar-refractivity contribution in [3.8, 4) is 0 Å². The van der Waals surface area contributed by atoms with Gasteiger partial charge >= 0.3 is 5.97 Å². The van der Waals surface area contributed by atoms with Crippen molar-refractivity contribution in [2.24, 2.45) is 0 Å². The number of sulfonamides is 1. The van der Waals surface area contributed by atoms with Crippen molar-refractivity contribution >= 4 is 38.8 Å². The molecule has 1 fully saturated rings. The summed E-state index contributed by atoms with van der Waals surface area (Å²) in [6, 6.07) is 7.30. The number of fused-ring (bicyclic) bond motifs is 1. The van der Waals surface area contributed by atoms with E-state index >= 15 is 0 Å². The molecule has 1 aliphatic rings. The number of carbonyl (C=O) groups is 1. The minimum Gasteiger partial charge on any atom is -0.480 e. The molecule has 4 rings (SSSR count). The van der Waals surface area contributed by atoms with E-state index in [1.165, 1.54) is 12.1 Å². The number of hydrogen-bond acceptors (Lipinski definition) is 5. The van der Waals surface area contributed by atoms with Crippen LogP contribution in [0.3, 0.4) is 0 Å². The zero-order valence-electron chi connectivity index (χ0n) is 17.7. The first-order valence-electron chi connectivity index (χ1n) is 10.7. The average Bonchev–Trinajstić information content (AvgIpc) is 3.39. The minimum atomic E-state index is -3.95. The second kappa shape index (κ2) is 9.17. The number of carboxylic acid groups (broad SMARTS) is 1. The highest BCUT2D eigenvalue weighted by molar-refractivity contribution is 7.89. The standard InChI is InChI=1S/C22H25ClN4O4S/c1-2-3-8-20-25-18-6-4-11-24-21(18)26(20)14-15-9-10-16(13-17(15)23)32(30,31)27-12-5-7-19(27)22(28)29/h4,6,9-11,13,19H,2-3,5,7-8,12,14H2,1H3,(H,28,29). The molecular weight excluding hydrogens is 452 g/mol. The number of carboxylic acids is 1. The maximum absolute atomic E-state index is 13.1. The fraction of sp³-hybridized carbons (Fsp3) is 0.409. The number of imidazole rings is 1. The molecule has 0 spiro atoms. The second-order valence-corrected chi connectivity index (χ2v) is 10.2. The molecule has 8 nitrogen and oxygen atoms in total. The lowest BCUT2D eigenvalue weighted by molar-refractivity contribution is -0.140. The molecular formula is C22H25ClN4O4S. The molecule has 0 bridgehead atoms. The second-order valence-electron chi connectivity index (χ2n) is 7.93. The Balaban J connectivity index is 1.66. The summed E-state index contributed by atoms with van der Waals surface area (Å²) in [4.78, 5) is 20.6. The third-order valence-electron chi connectivity index (χ3n) is 5.79. The highest BCUT2D eigenvalue weighted by Gasteiger charge is 2.39. The summed E-state index contributed by atoms with van der Waals surface area (Å²) in [6.07, 6.45) is 5.39. The summed E-state index contributed by atoms with van der Waals surface area (Å²) in [5.41, 5.74) is 2.31. The normalized spacial score (nSPS) is 17.2. The van der Waals surface area contributed by atoms with Gasteiger partial charge in [0.25, 0.3) is 0 Å². The van der Waals surface area contributed by atoms with Crippen LogP contribution in [-0.4, -0.2) is 50.9 Å². The van der Waals surface area contributed by atoms with Gasteiger partial charge in [-0.3, -0.25) is 4.79 Å². The topological polar surface area (TPSA) is 105 Å². The summed E-state index contributed by atoms with van der Waals surface area (Å²) >= 11 is 6.51. The lowest BCUT2D eigenvalue weighted by Gasteiger charge is -2.21. The van der Waals surface area contributed by atoms with Gasteiger partial charge in [0, 0.05) is 24.2 Å². The Hall–Kier alpha value is -2.49. The first kappa shape index (κ1) is 22.7. The zero-order chi connectivity index (χ0) is 22.9. The summed E-state index contributed by atoms with van der Waals surface area (Å²) in [5, 5.41) is 9.67. The van der Waals surface area contributed by atoms with Gasteiger partial charge in [0.15, 0.2) is 5.65 Å². The highest BCUT2D eigenvalue weighted by Crippen LogP contribution is 2.30. The van der Waals surface area contributed by atoms with Crippen molar-refractivity contribution in [1.29, 1.82) is 0 Å².